The van der Waals surface area contributed by atoms with E-state index < -0.39 is 4.92 Å². The van der Waals surface area contributed by atoms with Crippen molar-refractivity contribution < 1.29 is 4.92 Å². The van der Waals surface area contributed by atoms with Crippen LogP contribution in [-0.2, 0) is 0 Å². The Balaban J connectivity index is 1.63. The summed E-state index contributed by atoms with van der Waals surface area (Å²) < 4.78 is 2.58. The summed E-state index contributed by atoms with van der Waals surface area (Å²) in [6.45, 7) is 2.00. The average molecular weight is 403 g/mol. The normalized spacial score (nSPS) is 11.2. The van der Waals surface area contributed by atoms with Gasteiger partial charge in [0, 0.05) is 0 Å². The Hall–Kier alpha value is -3.92. The van der Waals surface area contributed by atoms with Crippen LogP contribution in [0.2, 0.25) is 0 Å². The summed E-state index contributed by atoms with van der Waals surface area (Å²) in [7, 11) is 0. The van der Waals surface area contributed by atoms with Crippen LogP contribution in [-0.4, -0.2) is 29.4 Å². The van der Waals surface area contributed by atoms with E-state index in [9.17, 15) is 10.1 Å². The number of aromatic nitrogens is 5. The number of imidazole rings is 1. The van der Waals surface area contributed by atoms with Gasteiger partial charge in [-0.3, -0.25) is 14.7 Å². The van der Waals surface area contributed by atoms with Gasteiger partial charge < -0.3 is 5.32 Å². The van der Waals surface area contributed by atoms with Crippen LogP contribution in [0.1, 0.15) is 5.56 Å². The molecule has 0 radical (unpaired) electrons. The molecule has 0 unspecified atom stereocenters. The number of nitrogens with one attached hydrogen (secondary N) is 1. The van der Waals surface area contributed by atoms with Gasteiger partial charge in [-0.2, -0.15) is 0 Å². The fraction of sp³-hybridized carbons (Fsp3) is 0.0526. The Bertz CT molecular complexity index is 1390. The number of hydrogen-bond donors (Lipinski definition) is 1. The maximum atomic E-state index is 11.9. The topological polar surface area (TPSA) is 112 Å². The zero-order valence-electron chi connectivity index (χ0n) is 15.1. The molecule has 0 fully saturated rings. The van der Waals surface area contributed by atoms with Gasteiger partial charge in [-0.05, 0) is 36.8 Å². The first kappa shape index (κ1) is 17.2. The number of nitro groups is 1. The molecule has 0 aliphatic carbocycles. The van der Waals surface area contributed by atoms with E-state index in [0.717, 1.165) is 26.8 Å². The Morgan fingerprint density at radius 3 is 2.83 bits per heavy atom. The summed E-state index contributed by atoms with van der Waals surface area (Å²) >= 11 is 1.41. The predicted octanol–water partition coefficient (Wildman–Crippen LogP) is 4.39. The maximum absolute atomic E-state index is 11.9. The summed E-state index contributed by atoms with van der Waals surface area (Å²) in [6, 6.07) is 13.3. The second-order valence-electron chi connectivity index (χ2n) is 6.37. The number of para-hydroxylation sites is 2. The zero-order chi connectivity index (χ0) is 20.0. The quantitative estimate of drug-likeness (QED) is 0.350. The minimum atomic E-state index is -0.496. The lowest BCUT2D eigenvalue weighted by molar-refractivity contribution is -0.384. The van der Waals surface area contributed by atoms with Gasteiger partial charge in [-0.25, -0.2) is 19.9 Å². The van der Waals surface area contributed by atoms with Crippen LogP contribution in [0.25, 0.3) is 27.1 Å². The predicted molar refractivity (Wildman–Crippen MR) is 111 cm³/mol. The highest BCUT2D eigenvalue weighted by Crippen LogP contribution is 2.34. The third kappa shape index (κ3) is 2.95. The number of thiazole rings is 1. The highest BCUT2D eigenvalue weighted by Gasteiger charge is 2.26. The van der Waals surface area contributed by atoms with Crippen LogP contribution in [0.4, 0.5) is 16.6 Å². The molecule has 1 N–H and O–H groups in total. The number of fused-ring (bicyclic) bond motifs is 2. The minimum absolute atomic E-state index is 0.0774. The molecule has 0 aliphatic heterocycles. The van der Waals surface area contributed by atoms with Gasteiger partial charge in [-0.1, -0.05) is 29.5 Å². The molecule has 3 heterocycles. The number of nitrogens with zero attached hydrogens (tertiary/aromatic N) is 6. The Labute approximate surface area is 167 Å². The molecule has 3 aromatic heterocycles. The van der Waals surface area contributed by atoms with E-state index >= 15 is 0 Å². The van der Waals surface area contributed by atoms with Crippen molar-refractivity contribution >= 4 is 49.2 Å². The monoisotopic (exact) mass is 403 g/mol. The third-order valence-electron chi connectivity index (χ3n) is 4.44. The third-order valence-corrected chi connectivity index (χ3v) is 5.37. The molecule has 0 spiro atoms. The summed E-state index contributed by atoms with van der Waals surface area (Å²) in [4.78, 5) is 28.5. The smallest absolute Gasteiger partial charge is 0.310 e. The molecule has 2 aromatic carbocycles. The van der Waals surface area contributed by atoms with E-state index in [-0.39, 0.29) is 17.3 Å². The first-order valence-corrected chi connectivity index (χ1v) is 9.48. The van der Waals surface area contributed by atoms with E-state index in [4.69, 9.17) is 0 Å². The van der Waals surface area contributed by atoms with Crippen LogP contribution in [0.3, 0.4) is 0 Å². The second kappa shape index (κ2) is 6.60. The number of aryl methyl sites for hydroxylation is 1. The van der Waals surface area contributed by atoms with Crippen LogP contribution < -0.4 is 5.32 Å². The van der Waals surface area contributed by atoms with Gasteiger partial charge >= 0.3 is 5.69 Å². The molecule has 0 atom stereocenters. The highest BCUT2D eigenvalue weighted by atomic mass is 32.1. The lowest BCUT2D eigenvalue weighted by Gasteiger charge is -2.08. The summed E-state index contributed by atoms with van der Waals surface area (Å²) in [5.74, 6) is 0.215. The molecule has 0 amide bonds. The van der Waals surface area contributed by atoms with Crippen molar-refractivity contribution in [3.63, 3.8) is 0 Å². The van der Waals surface area contributed by atoms with Gasteiger partial charge in [0.05, 0.1) is 26.2 Å². The van der Waals surface area contributed by atoms with Gasteiger partial charge in [-0.15, -0.1) is 0 Å². The molecule has 0 aliphatic rings. The van der Waals surface area contributed by atoms with Crippen molar-refractivity contribution in [2.45, 2.75) is 6.92 Å². The summed E-state index contributed by atoms with van der Waals surface area (Å²) in [5, 5.41) is 15.4. The first-order valence-electron chi connectivity index (χ1n) is 8.66. The minimum Gasteiger partial charge on any atom is -0.310 e. The van der Waals surface area contributed by atoms with Crippen molar-refractivity contribution in [1.82, 2.24) is 24.5 Å². The molecule has 5 rings (SSSR count). The zero-order valence-corrected chi connectivity index (χ0v) is 15.9. The van der Waals surface area contributed by atoms with Crippen LogP contribution in [0.5, 0.6) is 0 Å². The lowest BCUT2D eigenvalue weighted by Crippen LogP contribution is -2.07. The van der Waals surface area contributed by atoms with Gasteiger partial charge in [0.15, 0.2) is 5.13 Å². The number of rotatable bonds is 4. The van der Waals surface area contributed by atoms with Gasteiger partial charge in [0.25, 0.3) is 0 Å². The summed E-state index contributed by atoms with van der Waals surface area (Å²) in [6.07, 6.45) is 2.81. The Kier molecular flexibility index (Phi) is 3.91. The maximum Gasteiger partial charge on any atom is 0.354 e. The Morgan fingerprint density at radius 2 is 1.97 bits per heavy atom. The number of benzene rings is 2. The average Bonchev–Trinajstić information content (AvgIpc) is 3.30. The fourth-order valence-electron chi connectivity index (χ4n) is 3.12. The molecule has 5 aromatic rings. The molecular formula is C19H13N7O2S. The molecular weight excluding hydrogens is 390 g/mol. The molecule has 0 bridgehead atoms. The van der Waals surface area contributed by atoms with Crippen molar-refractivity contribution in [1.29, 1.82) is 0 Å². The Morgan fingerprint density at radius 1 is 1.10 bits per heavy atom. The number of hydrogen-bond acceptors (Lipinski definition) is 8. The molecule has 0 saturated carbocycles. The van der Waals surface area contributed by atoms with Gasteiger partial charge in [0.1, 0.15) is 12.7 Å². The number of anilines is 2. The molecule has 29 heavy (non-hydrogen) atoms. The molecule has 9 nitrogen and oxygen atoms in total. The summed E-state index contributed by atoms with van der Waals surface area (Å²) in [5.41, 5.74) is 3.13. The standard InChI is InChI=1S/C19H13N7O2S/c1-11-6-7-13-15(8-11)29-19(23-13)24-17-16(26(27)28)18(21-9-20-17)25-10-22-12-4-2-3-5-14(12)25/h2-10H,1H3,(H,20,21,23,24). The SMILES string of the molecule is Cc1ccc2nc(Nc3ncnc(-n4cnc5ccccc54)c3[N+](=O)[O-])sc2c1. The molecule has 142 valence electrons. The van der Waals surface area contributed by atoms with E-state index in [0.29, 0.717) is 5.13 Å². The van der Waals surface area contributed by atoms with E-state index in [1.54, 1.807) is 4.57 Å². The highest BCUT2D eigenvalue weighted by molar-refractivity contribution is 7.22. The molecule has 0 saturated heterocycles. The van der Waals surface area contributed by atoms with Crippen LogP contribution in [0, 0.1) is 17.0 Å². The van der Waals surface area contributed by atoms with Gasteiger partial charge in [0.2, 0.25) is 11.6 Å². The second-order valence-corrected chi connectivity index (χ2v) is 7.40. The fourth-order valence-corrected chi connectivity index (χ4v) is 4.08. The van der Waals surface area contributed by atoms with Crippen LogP contribution in [0.15, 0.2) is 55.1 Å². The largest absolute Gasteiger partial charge is 0.354 e. The van der Waals surface area contributed by atoms with E-state index in [1.807, 2.05) is 49.4 Å². The van der Waals surface area contributed by atoms with E-state index in [1.165, 1.54) is 24.0 Å². The van der Waals surface area contributed by atoms with Crippen molar-refractivity contribution in [3.05, 3.63) is 70.8 Å². The van der Waals surface area contributed by atoms with Crippen molar-refractivity contribution in [2.75, 3.05) is 5.32 Å². The van der Waals surface area contributed by atoms with Crippen LogP contribution >= 0.6 is 11.3 Å². The van der Waals surface area contributed by atoms with Crippen molar-refractivity contribution in [2.24, 2.45) is 0 Å². The first-order chi connectivity index (χ1) is 14.1. The van der Waals surface area contributed by atoms with Crippen molar-refractivity contribution in [3.8, 4) is 5.82 Å². The molecule has 10 heteroatoms. The lowest BCUT2D eigenvalue weighted by atomic mass is 10.2. The van der Waals surface area contributed by atoms with E-state index in [2.05, 4.69) is 25.3 Å².